The lowest BCUT2D eigenvalue weighted by Crippen LogP contribution is -2.27. The number of rotatable bonds is 5. The molecular weight excluding hydrogens is 259 g/mol. The van der Waals surface area contributed by atoms with Crippen LogP contribution in [0.3, 0.4) is 0 Å². The van der Waals surface area contributed by atoms with E-state index in [0.717, 1.165) is 0 Å². The number of nitrogens with two attached hydrogens (primary N) is 2. The molecule has 0 heterocycles. The third kappa shape index (κ3) is 4.78. The largest absolute Gasteiger partial charge is 0.505 e. The van der Waals surface area contributed by atoms with Crippen molar-refractivity contribution in [3.8, 4) is 5.75 Å². The molecule has 0 radical (unpaired) electrons. The number of benzene rings is 1. The number of halogens is 2. The molecule has 2 unspecified atom stereocenters. The van der Waals surface area contributed by atoms with Gasteiger partial charge < -0.3 is 21.7 Å². The van der Waals surface area contributed by atoms with Crippen LogP contribution in [0.5, 0.6) is 5.75 Å². The summed E-state index contributed by atoms with van der Waals surface area (Å²) in [5.74, 6) is -1.04. The minimum absolute atomic E-state index is 0. The van der Waals surface area contributed by atoms with Gasteiger partial charge >= 0.3 is 0 Å². The molecule has 1 aromatic carbocycles. The van der Waals surface area contributed by atoms with Crippen LogP contribution in [0.2, 0.25) is 0 Å². The van der Waals surface area contributed by atoms with E-state index in [1.165, 1.54) is 6.07 Å². The van der Waals surface area contributed by atoms with Crippen molar-refractivity contribution in [3.63, 3.8) is 0 Å². The average molecular weight is 279 g/mol. The fourth-order valence-electron chi connectivity index (χ4n) is 1.71. The lowest BCUT2D eigenvalue weighted by Gasteiger charge is -2.13. The highest BCUT2D eigenvalue weighted by Gasteiger charge is 2.13. The maximum Gasteiger partial charge on any atom is 0.165 e. The Hall–Kier alpha value is -0.880. The summed E-state index contributed by atoms with van der Waals surface area (Å²) >= 11 is 0. The summed E-state index contributed by atoms with van der Waals surface area (Å²) in [5, 5.41) is 18.4. The molecule has 4 nitrogen and oxygen atoms in total. The van der Waals surface area contributed by atoms with Gasteiger partial charge in [-0.15, -0.1) is 12.4 Å². The molecule has 1 aromatic rings. The third-order valence-electron chi connectivity index (χ3n) is 2.48. The average Bonchev–Trinajstić information content (AvgIpc) is 2.24. The normalized spacial score (nSPS) is 13.8. The summed E-state index contributed by atoms with van der Waals surface area (Å²) in [5.41, 5.74) is 12.3. The molecule has 6 heteroatoms. The first-order chi connectivity index (χ1) is 7.93. The lowest BCUT2D eigenvalue weighted by molar-refractivity contribution is 0.265. The zero-order valence-electron chi connectivity index (χ0n) is 10.3. The second-order valence-electron chi connectivity index (χ2n) is 4.41. The van der Waals surface area contributed by atoms with Gasteiger partial charge in [-0.05, 0) is 37.0 Å². The van der Waals surface area contributed by atoms with E-state index in [0.29, 0.717) is 24.0 Å². The standard InChI is InChI=1S/C12H19FN2O2.ClH/c1-7(14)2-9-3-8(4-10(15)6-16)5-11(13)12(9)17;/h3,5,7,10,16-17H,2,4,6,14-15H2,1H3;1H. The van der Waals surface area contributed by atoms with Crippen LogP contribution in [0.15, 0.2) is 12.1 Å². The number of hydrogen-bond acceptors (Lipinski definition) is 4. The molecule has 6 N–H and O–H groups in total. The first kappa shape index (κ1) is 17.1. The Morgan fingerprint density at radius 2 is 1.89 bits per heavy atom. The number of aromatic hydroxyl groups is 1. The molecule has 0 aliphatic carbocycles. The second kappa shape index (κ2) is 7.53. The van der Waals surface area contributed by atoms with Gasteiger partial charge in [0.2, 0.25) is 0 Å². The fourth-order valence-corrected chi connectivity index (χ4v) is 1.71. The molecular formula is C12H20ClFN2O2. The second-order valence-corrected chi connectivity index (χ2v) is 4.41. The predicted molar refractivity (Wildman–Crippen MR) is 71.4 cm³/mol. The van der Waals surface area contributed by atoms with E-state index < -0.39 is 11.9 Å². The molecule has 2 atom stereocenters. The van der Waals surface area contributed by atoms with Gasteiger partial charge in [-0.3, -0.25) is 0 Å². The molecule has 1 rings (SSSR count). The van der Waals surface area contributed by atoms with Gasteiger partial charge in [-0.1, -0.05) is 6.07 Å². The van der Waals surface area contributed by atoms with E-state index in [1.807, 2.05) is 0 Å². The number of phenols is 1. The molecule has 0 saturated heterocycles. The van der Waals surface area contributed by atoms with Crippen LogP contribution in [0, 0.1) is 5.82 Å². The van der Waals surface area contributed by atoms with E-state index in [4.69, 9.17) is 16.6 Å². The quantitative estimate of drug-likeness (QED) is 0.638. The van der Waals surface area contributed by atoms with Crippen molar-refractivity contribution in [1.82, 2.24) is 0 Å². The van der Waals surface area contributed by atoms with Crippen molar-refractivity contribution in [2.45, 2.75) is 31.8 Å². The van der Waals surface area contributed by atoms with Gasteiger partial charge in [-0.25, -0.2) is 4.39 Å². The maximum atomic E-state index is 13.5. The number of hydrogen-bond donors (Lipinski definition) is 4. The van der Waals surface area contributed by atoms with Crippen LogP contribution in [0.4, 0.5) is 4.39 Å². The minimum Gasteiger partial charge on any atom is -0.505 e. The van der Waals surface area contributed by atoms with Crippen LogP contribution < -0.4 is 11.5 Å². The lowest BCUT2D eigenvalue weighted by atomic mass is 9.99. The van der Waals surface area contributed by atoms with E-state index in [1.54, 1.807) is 13.0 Å². The van der Waals surface area contributed by atoms with Gasteiger partial charge in [0, 0.05) is 12.1 Å². The highest BCUT2D eigenvalue weighted by atomic mass is 35.5. The Labute approximate surface area is 112 Å². The molecule has 0 aliphatic heterocycles. The Balaban J connectivity index is 0.00000289. The van der Waals surface area contributed by atoms with Gasteiger partial charge in [0.1, 0.15) is 0 Å². The number of aliphatic hydroxyl groups excluding tert-OH is 1. The molecule has 0 saturated carbocycles. The van der Waals surface area contributed by atoms with Crippen molar-refractivity contribution in [2.75, 3.05) is 6.61 Å². The summed E-state index contributed by atoms with van der Waals surface area (Å²) < 4.78 is 13.5. The molecule has 0 spiro atoms. The summed E-state index contributed by atoms with van der Waals surface area (Å²) in [6.45, 7) is 1.62. The van der Waals surface area contributed by atoms with Gasteiger partial charge in [0.25, 0.3) is 0 Å². The van der Waals surface area contributed by atoms with Crippen molar-refractivity contribution < 1.29 is 14.6 Å². The summed E-state index contributed by atoms with van der Waals surface area (Å²) in [6, 6.07) is 2.32. The van der Waals surface area contributed by atoms with Crippen molar-refractivity contribution in [3.05, 3.63) is 29.1 Å². The summed E-state index contributed by atoms with van der Waals surface area (Å²) in [6.07, 6.45) is 0.755. The fraction of sp³-hybridized carbons (Fsp3) is 0.500. The highest BCUT2D eigenvalue weighted by molar-refractivity contribution is 5.85. The van der Waals surface area contributed by atoms with Crippen LogP contribution in [-0.4, -0.2) is 28.9 Å². The molecule has 0 amide bonds. The monoisotopic (exact) mass is 278 g/mol. The Morgan fingerprint density at radius 3 is 2.39 bits per heavy atom. The number of aliphatic hydroxyl groups is 1. The minimum atomic E-state index is -0.678. The molecule has 104 valence electrons. The SMILES string of the molecule is CC(N)Cc1cc(CC(N)CO)cc(F)c1O.Cl. The van der Waals surface area contributed by atoms with Gasteiger partial charge in [0.15, 0.2) is 11.6 Å². The maximum absolute atomic E-state index is 13.5. The highest BCUT2D eigenvalue weighted by Crippen LogP contribution is 2.24. The molecule has 0 fully saturated rings. The van der Waals surface area contributed by atoms with E-state index in [2.05, 4.69) is 0 Å². The predicted octanol–water partition coefficient (Wildman–Crippen LogP) is 0.705. The number of phenolic OH excluding ortho intramolecular Hbond substituents is 1. The van der Waals surface area contributed by atoms with Crippen LogP contribution >= 0.6 is 12.4 Å². The van der Waals surface area contributed by atoms with Crippen LogP contribution in [-0.2, 0) is 12.8 Å². The topological polar surface area (TPSA) is 92.5 Å². The molecule has 0 bridgehead atoms. The van der Waals surface area contributed by atoms with Crippen molar-refractivity contribution in [1.29, 1.82) is 0 Å². The smallest absolute Gasteiger partial charge is 0.165 e. The summed E-state index contributed by atoms with van der Waals surface area (Å²) in [7, 11) is 0. The van der Waals surface area contributed by atoms with Gasteiger partial charge in [0.05, 0.1) is 6.61 Å². The van der Waals surface area contributed by atoms with E-state index in [-0.39, 0.29) is 30.8 Å². The zero-order valence-corrected chi connectivity index (χ0v) is 11.1. The van der Waals surface area contributed by atoms with Crippen LogP contribution in [0.1, 0.15) is 18.1 Å². The van der Waals surface area contributed by atoms with E-state index >= 15 is 0 Å². The van der Waals surface area contributed by atoms with Gasteiger partial charge in [-0.2, -0.15) is 0 Å². The molecule has 18 heavy (non-hydrogen) atoms. The molecule has 0 aromatic heterocycles. The zero-order chi connectivity index (χ0) is 13.0. The first-order valence-corrected chi connectivity index (χ1v) is 5.56. The van der Waals surface area contributed by atoms with Crippen LogP contribution in [0.25, 0.3) is 0 Å². The van der Waals surface area contributed by atoms with E-state index in [9.17, 15) is 9.50 Å². The third-order valence-corrected chi connectivity index (χ3v) is 2.48. The van der Waals surface area contributed by atoms with Crippen molar-refractivity contribution in [2.24, 2.45) is 11.5 Å². The Kier molecular flexibility index (Phi) is 7.16. The molecule has 0 aliphatic rings. The van der Waals surface area contributed by atoms with Crippen molar-refractivity contribution >= 4 is 12.4 Å². The Morgan fingerprint density at radius 1 is 1.28 bits per heavy atom. The summed E-state index contributed by atoms with van der Waals surface area (Å²) in [4.78, 5) is 0. The first-order valence-electron chi connectivity index (χ1n) is 5.56. The Bertz CT molecular complexity index is 389.